The summed E-state index contributed by atoms with van der Waals surface area (Å²) in [5.74, 6) is 0.114. The molecule has 0 saturated heterocycles. The van der Waals surface area contributed by atoms with E-state index < -0.39 is 12.0 Å². The first-order chi connectivity index (χ1) is 11.5. The van der Waals surface area contributed by atoms with Crippen molar-refractivity contribution < 1.29 is 18.9 Å². The first-order valence-electron chi connectivity index (χ1n) is 7.08. The molecule has 24 heavy (non-hydrogen) atoms. The van der Waals surface area contributed by atoms with Crippen molar-refractivity contribution in [2.75, 3.05) is 0 Å². The zero-order valence-electron chi connectivity index (χ0n) is 13.1. The molecule has 0 radical (unpaired) electrons. The molecule has 2 aromatic carbocycles. The Morgan fingerprint density at radius 2 is 1.79 bits per heavy atom. The molecular formula is C16H17ClN2O4S. The summed E-state index contributed by atoms with van der Waals surface area (Å²) >= 11 is 6.80. The van der Waals surface area contributed by atoms with E-state index >= 15 is 0 Å². The Morgan fingerprint density at radius 3 is 2.46 bits per heavy atom. The molecule has 0 aliphatic carbocycles. The van der Waals surface area contributed by atoms with E-state index in [1.807, 2.05) is 31.2 Å². The fourth-order valence-electron chi connectivity index (χ4n) is 1.61. The summed E-state index contributed by atoms with van der Waals surface area (Å²) in [6, 6.07) is 14.4. The van der Waals surface area contributed by atoms with Crippen LogP contribution in [0.3, 0.4) is 0 Å². The molecule has 0 spiro atoms. The number of carbonyl (C=O) groups excluding carboxylic acids is 1. The lowest BCUT2D eigenvalue weighted by molar-refractivity contribution is -0.256. The van der Waals surface area contributed by atoms with Crippen LogP contribution in [0.4, 0.5) is 0 Å². The van der Waals surface area contributed by atoms with Crippen LogP contribution in [0.1, 0.15) is 12.5 Å². The summed E-state index contributed by atoms with van der Waals surface area (Å²) in [4.78, 5) is 17.3. The molecule has 0 saturated carbocycles. The number of nitrogens with one attached hydrogen (secondary N) is 2. The molecule has 2 N–H and O–H groups in total. The predicted octanol–water partition coefficient (Wildman–Crippen LogP) is 3.61. The van der Waals surface area contributed by atoms with Crippen LogP contribution >= 0.6 is 23.6 Å². The van der Waals surface area contributed by atoms with Gasteiger partial charge in [0.15, 0.2) is 6.10 Å². The van der Waals surface area contributed by atoms with Gasteiger partial charge < -0.3 is 4.74 Å². The Bertz CT molecular complexity index is 652. The second-order valence-electron chi connectivity index (χ2n) is 4.85. The number of benzene rings is 2. The lowest BCUT2D eigenvalue weighted by atomic mass is 10.2. The van der Waals surface area contributed by atoms with Crippen LogP contribution < -0.4 is 15.8 Å². The third-order valence-corrected chi connectivity index (χ3v) is 3.75. The first kappa shape index (κ1) is 18.6. The third kappa shape index (κ3) is 6.38. The average molecular weight is 369 g/mol. The summed E-state index contributed by atoms with van der Waals surface area (Å²) in [5, 5.41) is 0.595. The van der Waals surface area contributed by atoms with Gasteiger partial charge in [0.25, 0.3) is 5.91 Å². The number of hydrazine groups is 1. The highest BCUT2D eigenvalue weighted by molar-refractivity contribution is 7.94. The van der Waals surface area contributed by atoms with Crippen molar-refractivity contribution in [3.8, 4) is 5.75 Å². The molecule has 1 amide bonds. The normalized spacial score (nSPS) is 11.8. The zero-order chi connectivity index (χ0) is 17.4. The second-order valence-corrected chi connectivity index (χ2v) is 6.06. The number of ether oxygens (including phenoxy) is 1. The molecule has 0 fully saturated rings. The summed E-state index contributed by atoms with van der Waals surface area (Å²) < 4.78 is 10.3. The van der Waals surface area contributed by atoms with Gasteiger partial charge in [-0.05, 0) is 50.2 Å². The Kier molecular flexibility index (Phi) is 7.36. The number of halogens is 1. The average Bonchev–Trinajstić information content (AvgIpc) is 2.58. The fraction of sp³-hybridized carbons (Fsp3) is 0.188. The van der Waals surface area contributed by atoms with Crippen molar-refractivity contribution in [3.05, 3.63) is 59.1 Å². The van der Waals surface area contributed by atoms with Crippen molar-refractivity contribution in [2.24, 2.45) is 0 Å². The van der Waals surface area contributed by atoms with E-state index in [0.717, 1.165) is 22.5 Å². The summed E-state index contributed by atoms with van der Waals surface area (Å²) in [5.41, 5.74) is 5.66. The Labute approximate surface area is 149 Å². The third-order valence-electron chi connectivity index (χ3n) is 2.90. The molecule has 0 aliphatic heterocycles. The van der Waals surface area contributed by atoms with Crippen LogP contribution in [-0.4, -0.2) is 12.0 Å². The number of hydrogen-bond acceptors (Lipinski definition) is 6. The Morgan fingerprint density at radius 1 is 1.12 bits per heavy atom. The van der Waals surface area contributed by atoms with Gasteiger partial charge >= 0.3 is 0 Å². The number of hydrogen-bond donors (Lipinski definition) is 2. The molecular weight excluding hydrogens is 352 g/mol. The molecule has 0 bridgehead atoms. The highest BCUT2D eigenvalue weighted by Gasteiger charge is 2.14. The maximum atomic E-state index is 11.8. The smallest absolute Gasteiger partial charge is 0.276 e. The molecule has 2 rings (SSSR count). The van der Waals surface area contributed by atoms with Gasteiger partial charge in [0.05, 0.1) is 12.0 Å². The summed E-state index contributed by atoms with van der Waals surface area (Å²) in [6.45, 7) is 3.60. The zero-order valence-corrected chi connectivity index (χ0v) is 14.7. The quantitative estimate of drug-likeness (QED) is 0.321. The molecule has 1 atom stereocenters. The van der Waals surface area contributed by atoms with Gasteiger partial charge in [0, 0.05) is 9.92 Å². The van der Waals surface area contributed by atoms with Crippen molar-refractivity contribution in [1.82, 2.24) is 11.0 Å². The number of rotatable bonds is 8. The van der Waals surface area contributed by atoms with Crippen LogP contribution in [0.2, 0.25) is 5.02 Å². The van der Waals surface area contributed by atoms with E-state index in [0.29, 0.717) is 10.8 Å². The van der Waals surface area contributed by atoms with Gasteiger partial charge in [-0.25, -0.2) is 0 Å². The van der Waals surface area contributed by atoms with Crippen LogP contribution in [0.25, 0.3) is 0 Å². The minimum atomic E-state index is -0.730. The predicted molar refractivity (Wildman–Crippen MR) is 92.0 cm³/mol. The van der Waals surface area contributed by atoms with Crippen molar-refractivity contribution in [1.29, 1.82) is 0 Å². The highest BCUT2D eigenvalue weighted by Crippen LogP contribution is 2.19. The summed E-state index contributed by atoms with van der Waals surface area (Å²) in [6.07, 6.45) is -0.730. The molecule has 0 heterocycles. The van der Waals surface area contributed by atoms with Gasteiger partial charge in [-0.2, -0.15) is 0 Å². The molecule has 0 aromatic heterocycles. The largest absolute Gasteiger partial charge is 0.481 e. The summed E-state index contributed by atoms with van der Waals surface area (Å²) in [7, 11) is 0. The van der Waals surface area contributed by atoms with E-state index in [-0.39, 0.29) is 0 Å². The van der Waals surface area contributed by atoms with Gasteiger partial charge in [0.1, 0.15) is 5.75 Å². The van der Waals surface area contributed by atoms with Crippen LogP contribution in [0.5, 0.6) is 5.75 Å². The molecule has 8 heteroatoms. The lowest BCUT2D eigenvalue weighted by Crippen LogP contribution is -2.44. The van der Waals surface area contributed by atoms with Gasteiger partial charge in [-0.1, -0.05) is 34.9 Å². The van der Waals surface area contributed by atoms with E-state index in [4.69, 9.17) is 20.7 Å². The number of aryl methyl sites for hydroxylation is 1. The lowest BCUT2D eigenvalue weighted by Gasteiger charge is -2.14. The molecule has 6 nitrogen and oxygen atoms in total. The molecule has 2 aromatic rings. The number of carbonyl (C=O) groups is 1. The van der Waals surface area contributed by atoms with Gasteiger partial charge in [-0.3, -0.25) is 10.2 Å². The minimum absolute atomic E-state index is 0.422. The van der Waals surface area contributed by atoms with Gasteiger partial charge in [0.2, 0.25) is 0 Å². The molecule has 0 aliphatic rings. The van der Waals surface area contributed by atoms with Crippen LogP contribution in [-0.2, 0) is 14.1 Å². The van der Waals surface area contributed by atoms with E-state index in [2.05, 4.69) is 16.0 Å². The minimum Gasteiger partial charge on any atom is -0.481 e. The van der Waals surface area contributed by atoms with Gasteiger partial charge in [-0.15, -0.1) is 9.32 Å². The Balaban J connectivity index is 1.63. The van der Waals surface area contributed by atoms with Crippen molar-refractivity contribution >= 4 is 29.6 Å². The molecule has 128 valence electrons. The van der Waals surface area contributed by atoms with Crippen molar-refractivity contribution in [2.45, 2.75) is 24.8 Å². The molecule has 1 unspecified atom stereocenters. The highest BCUT2D eigenvalue weighted by atomic mass is 35.5. The topological polar surface area (TPSA) is 68.8 Å². The van der Waals surface area contributed by atoms with Crippen LogP contribution in [0, 0.1) is 6.92 Å². The van der Waals surface area contributed by atoms with E-state index in [1.54, 1.807) is 31.2 Å². The van der Waals surface area contributed by atoms with E-state index in [1.165, 1.54) is 0 Å². The number of amides is 1. The maximum Gasteiger partial charge on any atom is 0.276 e. The standard InChI is InChI=1S/C16H17ClN2O4S/c1-11-3-9-15(10-4-11)24-23-22-19-18-16(20)12(2)21-14-7-5-13(17)6-8-14/h3-10,12,19H,1-2H3,(H,18,20). The maximum absolute atomic E-state index is 11.8. The monoisotopic (exact) mass is 368 g/mol. The Hall–Kier alpha value is -1.77. The fourth-order valence-corrected chi connectivity index (χ4v) is 2.13. The SMILES string of the molecule is Cc1ccc(SOONNC(=O)C(C)Oc2ccc(Cl)cc2)cc1. The van der Waals surface area contributed by atoms with Crippen LogP contribution in [0.15, 0.2) is 53.4 Å². The second kappa shape index (κ2) is 9.51. The van der Waals surface area contributed by atoms with E-state index in [9.17, 15) is 4.79 Å². The van der Waals surface area contributed by atoms with Crippen molar-refractivity contribution in [3.63, 3.8) is 0 Å². The first-order valence-corrected chi connectivity index (χ1v) is 8.20.